The summed E-state index contributed by atoms with van der Waals surface area (Å²) >= 11 is 3.06. The molecular weight excluding hydrogens is 343 g/mol. The molecule has 5 nitrogen and oxygen atoms in total. The van der Waals surface area contributed by atoms with Gasteiger partial charge in [0, 0.05) is 16.3 Å². The zero-order valence-corrected chi connectivity index (χ0v) is 11.7. The van der Waals surface area contributed by atoms with Crippen molar-refractivity contribution in [2.75, 3.05) is 0 Å². The number of rotatable bonds is 3. The lowest BCUT2D eigenvalue weighted by atomic mass is 10.2. The highest BCUT2D eigenvalue weighted by Gasteiger charge is 2.31. The Morgan fingerprint density at radius 3 is 2.60 bits per heavy atom. The van der Waals surface area contributed by atoms with E-state index in [1.54, 1.807) is 0 Å². The van der Waals surface area contributed by atoms with E-state index in [0.29, 0.717) is 10.5 Å². The minimum atomic E-state index is -4.66. The predicted molar refractivity (Wildman–Crippen MR) is 71.9 cm³/mol. The van der Waals surface area contributed by atoms with Gasteiger partial charge < -0.3 is 5.73 Å². The van der Waals surface area contributed by atoms with E-state index < -0.39 is 16.8 Å². The van der Waals surface area contributed by atoms with Crippen molar-refractivity contribution in [3.63, 3.8) is 0 Å². The molecule has 0 aromatic heterocycles. The van der Waals surface area contributed by atoms with Gasteiger partial charge in [0.05, 0.1) is 4.92 Å². The van der Waals surface area contributed by atoms with Crippen LogP contribution in [0.4, 0.5) is 24.5 Å². The van der Waals surface area contributed by atoms with Crippen molar-refractivity contribution in [2.24, 2.45) is 10.7 Å². The van der Waals surface area contributed by atoms with Crippen LogP contribution in [0.25, 0.3) is 0 Å². The molecule has 0 atom stereocenters. The molecule has 2 N–H and O–H groups in total. The standard InChI is InChI=1S/C11H9BrF3N3O2/c1-6(4-10(16)11(13,14)15)17-8-3-2-7(12)5-9(8)18(19)20/h2-5H,16H2,1H3. The Morgan fingerprint density at radius 2 is 2.10 bits per heavy atom. The maximum atomic E-state index is 12.2. The van der Waals surface area contributed by atoms with Gasteiger partial charge in [0.15, 0.2) is 0 Å². The van der Waals surface area contributed by atoms with Gasteiger partial charge >= 0.3 is 6.18 Å². The van der Waals surface area contributed by atoms with Crippen LogP contribution in [0.1, 0.15) is 6.92 Å². The van der Waals surface area contributed by atoms with Crippen LogP contribution < -0.4 is 5.73 Å². The van der Waals surface area contributed by atoms with Crippen LogP contribution in [0.3, 0.4) is 0 Å². The third-order valence-corrected chi connectivity index (χ3v) is 2.62. The lowest BCUT2D eigenvalue weighted by Gasteiger charge is -2.05. The topological polar surface area (TPSA) is 81.5 Å². The Hall–Kier alpha value is -1.90. The maximum absolute atomic E-state index is 12.2. The van der Waals surface area contributed by atoms with E-state index in [2.05, 4.69) is 20.9 Å². The minimum absolute atomic E-state index is 0.0538. The number of halogens is 4. The van der Waals surface area contributed by atoms with Crippen LogP contribution in [0.15, 0.2) is 39.4 Å². The van der Waals surface area contributed by atoms with Gasteiger partial charge in [0.2, 0.25) is 0 Å². The van der Waals surface area contributed by atoms with E-state index in [1.807, 2.05) is 0 Å². The van der Waals surface area contributed by atoms with Gasteiger partial charge in [-0.3, -0.25) is 10.1 Å². The van der Waals surface area contributed by atoms with Crippen molar-refractivity contribution in [1.82, 2.24) is 0 Å². The molecule has 0 spiro atoms. The number of allylic oxidation sites excluding steroid dienone is 2. The summed E-state index contributed by atoms with van der Waals surface area (Å²) in [4.78, 5) is 13.9. The molecule has 0 aliphatic rings. The quantitative estimate of drug-likeness (QED) is 0.510. The molecule has 0 bridgehead atoms. The smallest absolute Gasteiger partial charge is 0.395 e. The molecule has 1 aromatic rings. The Morgan fingerprint density at radius 1 is 1.50 bits per heavy atom. The number of hydrogen-bond donors (Lipinski definition) is 1. The van der Waals surface area contributed by atoms with Crippen molar-refractivity contribution >= 4 is 33.0 Å². The first kappa shape index (κ1) is 16.2. The first-order valence-electron chi connectivity index (χ1n) is 5.15. The van der Waals surface area contributed by atoms with E-state index in [0.717, 1.165) is 0 Å². The van der Waals surface area contributed by atoms with Crippen LogP contribution in [-0.4, -0.2) is 16.8 Å². The molecule has 1 aromatic carbocycles. The van der Waals surface area contributed by atoms with Gasteiger partial charge in [0.25, 0.3) is 5.69 Å². The average molecular weight is 352 g/mol. The van der Waals surface area contributed by atoms with Crippen LogP contribution in [0, 0.1) is 10.1 Å². The lowest BCUT2D eigenvalue weighted by Crippen LogP contribution is -2.20. The van der Waals surface area contributed by atoms with Crippen LogP contribution in [-0.2, 0) is 0 Å². The fourth-order valence-electron chi connectivity index (χ4n) is 1.27. The predicted octanol–water partition coefficient (Wildman–Crippen LogP) is 3.85. The number of nitro benzene ring substituents is 1. The molecule has 0 amide bonds. The molecule has 1 rings (SSSR count). The van der Waals surface area contributed by atoms with Crippen molar-refractivity contribution < 1.29 is 18.1 Å². The number of nitrogens with two attached hydrogens (primary N) is 1. The largest absolute Gasteiger partial charge is 0.430 e. The molecular formula is C11H9BrF3N3O2. The number of nitrogens with zero attached hydrogens (tertiary/aromatic N) is 2. The summed E-state index contributed by atoms with van der Waals surface area (Å²) in [5.41, 5.74) is 3.05. The second-order valence-corrected chi connectivity index (χ2v) is 4.66. The summed E-state index contributed by atoms with van der Waals surface area (Å²) in [5.74, 6) is 0. The zero-order chi connectivity index (χ0) is 15.5. The summed E-state index contributed by atoms with van der Waals surface area (Å²) in [5, 5.41) is 10.8. The Labute approximate surface area is 120 Å². The zero-order valence-electron chi connectivity index (χ0n) is 10.1. The molecule has 0 heterocycles. The highest BCUT2D eigenvalue weighted by molar-refractivity contribution is 9.10. The second kappa shape index (κ2) is 6.04. The molecule has 0 saturated heterocycles. The fraction of sp³-hybridized carbons (Fsp3) is 0.182. The summed E-state index contributed by atoms with van der Waals surface area (Å²) < 4.78 is 37.2. The Kier molecular flexibility index (Phi) is 4.88. The summed E-state index contributed by atoms with van der Waals surface area (Å²) in [6.45, 7) is 1.27. The summed E-state index contributed by atoms with van der Waals surface area (Å²) in [6.07, 6.45) is -4.05. The maximum Gasteiger partial charge on any atom is 0.430 e. The monoisotopic (exact) mass is 351 g/mol. The van der Waals surface area contributed by atoms with Gasteiger partial charge in [-0.2, -0.15) is 13.2 Å². The molecule has 0 fully saturated rings. The molecule has 0 unspecified atom stereocenters. The van der Waals surface area contributed by atoms with E-state index in [9.17, 15) is 23.3 Å². The highest BCUT2D eigenvalue weighted by Crippen LogP contribution is 2.30. The average Bonchev–Trinajstić information content (AvgIpc) is 2.29. The highest BCUT2D eigenvalue weighted by atomic mass is 79.9. The molecule has 108 valence electrons. The summed E-state index contributed by atoms with van der Waals surface area (Å²) in [6, 6.07) is 4.03. The first-order chi connectivity index (χ1) is 9.11. The first-order valence-corrected chi connectivity index (χ1v) is 5.94. The number of nitro groups is 1. The van der Waals surface area contributed by atoms with Crippen molar-refractivity contribution in [3.8, 4) is 0 Å². The number of benzene rings is 1. The van der Waals surface area contributed by atoms with Gasteiger partial charge in [-0.1, -0.05) is 15.9 Å². The Bertz CT molecular complexity index is 597. The van der Waals surface area contributed by atoms with Gasteiger partial charge in [-0.25, -0.2) is 4.99 Å². The number of aliphatic imine (C=N–C) groups is 1. The molecule has 0 aliphatic carbocycles. The lowest BCUT2D eigenvalue weighted by molar-refractivity contribution is -0.384. The Balaban J connectivity index is 3.21. The van der Waals surface area contributed by atoms with Crippen molar-refractivity contribution in [3.05, 3.63) is 44.6 Å². The third kappa shape index (κ3) is 4.34. The molecule has 0 saturated carbocycles. The van der Waals surface area contributed by atoms with E-state index in [1.165, 1.54) is 25.1 Å². The van der Waals surface area contributed by atoms with Crippen LogP contribution in [0.2, 0.25) is 0 Å². The minimum Gasteiger partial charge on any atom is -0.395 e. The third-order valence-electron chi connectivity index (χ3n) is 2.12. The molecule has 20 heavy (non-hydrogen) atoms. The normalized spacial score (nSPS) is 13.4. The summed E-state index contributed by atoms with van der Waals surface area (Å²) in [7, 11) is 0. The molecule has 9 heteroatoms. The van der Waals surface area contributed by atoms with E-state index >= 15 is 0 Å². The molecule has 0 aliphatic heterocycles. The van der Waals surface area contributed by atoms with E-state index in [4.69, 9.17) is 5.73 Å². The second-order valence-electron chi connectivity index (χ2n) is 3.74. The molecule has 0 radical (unpaired) electrons. The number of alkyl halides is 3. The van der Waals surface area contributed by atoms with Crippen LogP contribution in [0.5, 0.6) is 0 Å². The van der Waals surface area contributed by atoms with Crippen molar-refractivity contribution in [2.45, 2.75) is 13.1 Å². The van der Waals surface area contributed by atoms with E-state index in [-0.39, 0.29) is 17.1 Å². The number of hydrogen-bond acceptors (Lipinski definition) is 4. The SMILES string of the molecule is CC(C=C(N)C(F)(F)F)=Nc1ccc(Br)cc1[N+](=O)[O-]. The van der Waals surface area contributed by atoms with Gasteiger partial charge in [-0.05, 0) is 25.1 Å². The fourth-order valence-corrected chi connectivity index (χ4v) is 1.62. The van der Waals surface area contributed by atoms with Crippen LogP contribution >= 0.6 is 15.9 Å². The van der Waals surface area contributed by atoms with Gasteiger partial charge in [0.1, 0.15) is 11.4 Å². The van der Waals surface area contributed by atoms with Gasteiger partial charge in [-0.15, -0.1) is 0 Å². The van der Waals surface area contributed by atoms with Crippen molar-refractivity contribution in [1.29, 1.82) is 0 Å².